The number of rotatable bonds is 4. The van der Waals surface area contributed by atoms with E-state index in [-0.39, 0.29) is 5.92 Å². The first-order valence-corrected chi connectivity index (χ1v) is 7.97. The van der Waals surface area contributed by atoms with E-state index in [9.17, 15) is 9.90 Å². The van der Waals surface area contributed by atoms with Crippen LogP contribution in [-0.2, 0) is 30.8 Å². The lowest BCUT2D eigenvalue weighted by atomic mass is 9.97. The molecule has 4 nitrogen and oxygen atoms in total. The molecule has 22 heavy (non-hydrogen) atoms. The lowest BCUT2D eigenvalue weighted by Gasteiger charge is -2.08. The number of carbonyl (C=O) groups is 1. The fraction of sp³-hybridized carbons (Fsp3) is 0.500. The van der Waals surface area contributed by atoms with Gasteiger partial charge in [-0.25, -0.2) is 0 Å². The molecule has 1 aliphatic heterocycles. The molecule has 2 aromatic rings. The van der Waals surface area contributed by atoms with Gasteiger partial charge in [-0.1, -0.05) is 6.92 Å². The predicted octanol–water partition coefficient (Wildman–Crippen LogP) is 3.18. The van der Waals surface area contributed by atoms with Gasteiger partial charge in [-0.05, 0) is 56.1 Å². The van der Waals surface area contributed by atoms with Gasteiger partial charge >= 0.3 is 5.97 Å². The summed E-state index contributed by atoms with van der Waals surface area (Å²) in [5.74, 6) is -1.08. The highest BCUT2D eigenvalue weighted by molar-refractivity contribution is 5.88. The minimum absolute atomic E-state index is 0.356. The van der Waals surface area contributed by atoms with Crippen molar-refractivity contribution in [2.24, 2.45) is 5.92 Å². The van der Waals surface area contributed by atoms with Gasteiger partial charge in [0.2, 0.25) is 0 Å². The Hall–Kier alpha value is -1.81. The van der Waals surface area contributed by atoms with Crippen LogP contribution in [0.1, 0.15) is 36.2 Å². The summed E-state index contributed by atoms with van der Waals surface area (Å²) in [4.78, 5) is 13.6. The Morgan fingerprint density at radius 3 is 2.55 bits per heavy atom. The van der Waals surface area contributed by atoms with Crippen LogP contribution >= 0.6 is 0 Å². The summed E-state index contributed by atoms with van der Waals surface area (Å²) >= 11 is 0. The van der Waals surface area contributed by atoms with Gasteiger partial charge in [0.05, 0.1) is 5.92 Å². The highest BCUT2D eigenvalue weighted by Crippen LogP contribution is 2.33. The summed E-state index contributed by atoms with van der Waals surface area (Å²) in [6, 6.07) is 4.59. The van der Waals surface area contributed by atoms with Crippen LogP contribution in [-0.4, -0.2) is 27.6 Å². The van der Waals surface area contributed by atoms with Crippen LogP contribution in [0, 0.1) is 12.8 Å². The number of hydrogen-bond acceptors (Lipinski definition) is 2. The number of benzene rings is 1. The molecule has 0 radical (unpaired) electrons. The Balaban J connectivity index is 2.17. The van der Waals surface area contributed by atoms with E-state index in [1.165, 1.54) is 33.3 Å². The van der Waals surface area contributed by atoms with Crippen LogP contribution in [0.15, 0.2) is 12.1 Å². The SMILES string of the molecule is CCn1c(C)c(CC(C)C(=O)O)c2cc3c(cc21)CN(C)C3. The van der Waals surface area contributed by atoms with Crippen molar-refractivity contribution in [2.45, 2.75) is 46.8 Å². The summed E-state index contributed by atoms with van der Waals surface area (Å²) in [7, 11) is 2.14. The number of hydrogen-bond donors (Lipinski definition) is 1. The molecular formula is C18H24N2O2. The number of carboxylic acid groups (broad SMARTS) is 1. The Morgan fingerprint density at radius 1 is 1.32 bits per heavy atom. The molecule has 0 aliphatic carbocycles. The first kappa shape index (κ1) is 15.1. The molecule has 0 bridgehead atoms. The highest BCUT2D eigenvalue weighted by atomic mass is 16.4. The molecule has 118 valence electrons. The van der Waals surface area contributed by atoms with Crippen LogP contribution < -0.4 is 0 Å². The molecule has 1 N–H and O–H groups in total. The summed E-state index contributed by atoms with van der Waals surface area (Å²) in [6.45, 7) is 8.95. The molecule has 4 heteroatoms. The number of aliphatic carboxylic acids is 1. The average Bonchev–Trinajstić information content (AvgIpc) is 2.93. The first-order chi connectivity index (χ1) is 10.4. The maximum absolute atomic E-state index is 11.2. The Bertz CT molecular complexity index is 745. The van der Waals surface area contributed by atoms with E-state index in [1.54, 1.807) is 6.92 Å². The molecule has 2 heterocycles. The third-order valence-electron chi connectivity index (χ3n) is 4.90. The molecule has 0 amide bonds. The fourth-order valence-corrected chi connectivity index (χ4v) is 3.67. The highest BCUT2D eigenvalue weighted by Gasteiger charge is 2.23. The summed E-state index contributed by atoms with van der Waals surface area (Å²) in [5.41, 5.74) is 6.45. The van der Waals surface area contributed by atoms with Gasteiger partial charge in [0, 0.05) is 36.2 Å². The van der Waals surface area contributed by atoms with E-state index < -0.39 is 5.97 Å². The van der Waals surface area contributed by atoms with Crippen molar-refractivity contribution >= 4 is 16.9 Å². The second-order valence-corrected chi connectivity index (χ2v) is 6.56. The van der Waals surface area contributed by atoms with Crippen molar-refractivity contribution in [3.05, 3.63) is 34.5 Å². The van der Waals surface area contributed by atoms with E-state index in [1.807, 2.05) is 0 Å². The van der Waals surface area contributed by atoms with E-state index in [2.05, 4.69) is 42.5 Å². The van der Waals surface area contributed by atoms with Gasteiger partial charge in [0.15, 0.2) is 0 Å². The maximum Gasteiger partial charge on any atom is 0.306 e. The van der Waals surface area contributed by atoms with Crippen LogP contribution in [0.3, 0.4) is 0 Å². The molecule has 1 aromatic heterocycles. The molecule has 3 rings (SSSR count). The number of aromatic nitrogens is 1. The van der Waals surface area contributed by atoms with Crippen molar-refractivity contribution in [1.29, 1.82) is 0 Å². The van der Waals surface area contributed by atoms with Crippen LogP contribution in [0.5, 0.6) is 0 Å². The Morgan fingerprint density at radius 2 is 1.95 bits per heavy atom. The van der Waals surface area contributed by atoms with E-state index >= 15 is 0 Å². The summed E-state index contributed by atoms with van der Waals surface area (Å²) < 4.78 is 2.32. The topological polar surface area (TPSA) is 45.5 Å². The normalized spacial score (nSPS) is 16.2. The summed E-state index contributed by atoms with van der Waals surface area (Å²) in [6.07, 6.45) is 0.597. The fourth-order valence-electron chi connectivity index (χ4n) is 3.67. The molecule has 0 saturated heterocycles. The Kier molecular flexibility index (Phi) is 3.73. The zero-order valence-corrected chi connectivity index (χ0v) is 13.8. The van der Waals surface area contributed by atoms with E-state index in [4.69, 9.17) is 0 Å². The van der Waals surface area contributed by atoms with Gasteiger partial charge in [0.25, 0.3) is 0 Å². The molecule has 0 spiro atoms. The monoisotopic (exact) mass is 300 g/mol. The lowest BCUT2D eigenvalue weighted by Crippen LogP contribution is -2.13. The van der Waals surface area contributed by atoms with Gasteiger partial charge < -0.3 is 9.67 Å². The first-order valence-electron chi connectivity index (χ1n) is 7.97. The maximum atomic E-state index is 11.2. The quantitative estimate of drug-likeness (QED) is 0.943. The predicted molar refractivity (Wildman–Crippen MR) is 88.0 cm³/mol. The third kappa shape index (κ3) is 2.31. The van der Waals surface area contributed by atoms with E-state index in [0.717, 1.165) is 19.6 Å². The second-order valence-electron chi connectivity index (χ2n) is 6.56. The molecule has 1 atom stereocenters. The van der Waals surface area contributed by atoms with Gasteiger partial charge in [-0.15, -0.1) is 0 Å². The molecule has 0 saturated carbocycles. The van der Waals surface area contributed by atoms with Crippen molar-refractivity contribution in [1.82, 2.24) is 9.47 Å². The van der Waals surface area contributed by atoms with Crippen LogP contribution in [0.2, 0.25) is 0 Å². The Labute approximate surface area is 131 Å². The lowest BCUT2D eigenvalue weighted by molar-refractivity contribution is -0.141. The zero-order valence-electron chi connectivity index (χ0n) is 13.8. The van der Waals surface area contributed by atoms with Crippen LogP contribution in [0.4, 0.5) is 0 Å². The molecule has 1 unspecified atom stereocenters. The van der Waals surface area contributed by atoms with Gasteiger partial charge in [0.1, 0.15) is 0 Å². The third-order valence-corrected chi connectivity index (χ3v) is 4.90. The van der Waals surface area contributed by atoms with Gasteiger partial charge in [-0.2, -0.15) is 0 Å². The molecule has 1 aromatic carbocycles. The minimum atomic E-state index is -0.724. The zero-order chi connectivity index (χ0) is 16.0. The summed E-state index contributed by atoms with van der Waals surface area (Å²) in [5, 5.41) is 10.5. The van der Waals surface area contributed by atoms with Crippen molar-refractivity contribution in [2.75, 3.05) is 7.05 Å². The average molecular weight is 300 g/mol. The number of carboxylic acids is 1. The largest absolute Gasteiger partial charge is 0.481 e. The molecule has 0 fully saturated rings. The number of fused-ring (bicyclic) bond motifs is 2. The molecular weight excluding hydrogens is 276 g/mol. The van der Waals surface area contributed by atoms with Crippen molar-refractivity contribution in [3.63, 3.8) is 0 Å². The molecule has 1 aliphatic rings. The second kappa shape index (κ2) is 5.43. The number of aryl methyl sites for hydroxylation is 1. The van der Waals surface area contributed by atoms with E-state index in [0.29, 0.717) is 6.42 Å². The van der Waals surface area contributed by atoms with Gasteiger partial charge in [-0.3, -0.25) is 9.69 Å². The standard InChI is InChI=1S/C18H24N2O2/c1-5-20-12(3)15(6-11(2)18(21)22)16-7-13-9-19(4)10-14(13)8-17(16)20/h7-8,11H,5-6,9-10H2,1-4H3,(H,21,22). The number of nitrogens with zero attached hydrogens (tertiary/aromatic N) is 2. The minimum Gasteiger partial charge on any atom is -0.481 e. The van der Waals surface area contributed by atoms with Crippen molar-refractivity contribution < 1.29 is 9.90 Å². The van der Waals surface area contributed by atoms with Crippen molar-refractivity contribution in [3.8, 4) is 0 Å². The smallest absolute Gasteiger partial charge is 0.306 e. The van der Waals surface area contributed by atoms with Crippen LogP contribution in [0.25, 0.3) is 10.9 Å².